The van der Waals surface area contributed by atoms with Gasteiger partial charge in [0, 0.05) is 24.2 Å². The lowest BCUT2D eigenvalue weighted by atomic mass is 10.1. The molecule has 0 bridgehead atoms. The summed E-state index contributed by atoms with van der Waals surface area (Å²) in [5, 5.41) is 0. The van der Waals surface area contributed by atoms with Gasteiger partial charge in [-0.1, -0.05) is 6.92 Å². The molecular weight excluding hydrogens is 232 g/mol. The maximum Gasteiger partial charge on any atom is 0.131 e. The SMILES string of the molecule is CCC1CCC(C)N1c1ncc(CCl)cc1C. The number of pyridine rings is 1. The van der Waals surface area contributed by atoms with Crippen LogP contribution in [0.3, 0.4) is 0 Å². The molecule has 1 fully saturated rings. The third-order valence-electron chi connectivity index (χ3n) is 3.76. The van der Waals surface area contributed by atoms with Crippen LogP contribution in [0.15, 0.2) is 12.3 Å². The molecule has 17 heavy (non-hydrogen) atoms. The normalized spacial score (nSPS) is 24.4. The standard InChI is InChI=1S/C14H21ClN2/c1-4-13-6-5-11(3)17(13)14-10(2)7-12(8-15)9-16-14/h7,9,11,13H,4-6,8H2,1-3H3. The Balaban J connectivity index is 2.32. The van der Waals surface area contributed by atoms with Crippen molar-refractivity contribution >= 4 is 17.4 Å². The molecule has 2 nitrogen and oxygen atoms in total. The summed E-state index contributed by atoms with van der Waals surface area (Å²) in [7, 11) is 0. The van der Waals surface area contributed by atoms with Crippen LogP contribution in [0.2, 0.25) is 0 Å². The molecule has 0 amide bonds. The van der Waals surface area contributed by atoms with Crippen molar-refractivity contribution in [2.45, 2.75) is 58.0 Å². The fourth-order valence-corrected chi connectivity index (χ4v) is 2.97. The van der Waals surface area contributed by atoms with E-state index in [1.54, 1.807) is 0 Å². The smallest absolute Gasteiger partial charge is 0.131 e. The molecule has 1 saturated heterocycles. The van der Waals surface area contributed by atoms with Crippen molar-refractivity contribution in [1.82, 2.24) is 4.98 Å². The molecule has 1 aromatic heterocycles. The van der Waals surface area contributed by atoms with Crippen molar-refractivity contribution in [1.29, 1.82) is 0 Å². The topological polar surface area (TPSA) is 16.1 Å². The predicted molar refractivity (Wildman–Crippen MR) is 73.8 cm³/mol. The highest BCUT2D eigenvalue weighted by Gasteiger charge is 2.30. The summed E-state index contributed by atoms with van der Waals surface area (Å²) in [5.74, 6) is 1.69. The first-order valence-corrected chi connectivity index (χ1v) is 7.00. The van der Waals surface area contributed by atoms with E-state index in [-0.39, 0.29) is 0 Å². The Morgan fingerprint density at radius 3 is 2.82 bits per heavy atom. The van der Waals surface area contributed by atoms with Gasteiger partial charge in [0.1, 0.15) is 5.82 Å². The number of nitrogens with zero attached hydrogens (tertiary/aromatic N) is 2. The van der Waals surface area contributed by atoms with Gasteiger partial charge in [-0.3, -0.25) is 0 Å². The van der Waals surface area contributed by atoms with Gasteiger partial charge in [-0.2, -0.15) is 0 Å². The summed E-state index contributed by atoms with van der Waals surface area (Å²) >= 11 is 5.84. The van der Waals surface area contributed by atoms with Gasteiger partial charge in [0.15, 0.2) is 0 Å². The van der Waals surface area contributed by atoms with Gasteiger partial charge < -0.3 is 4.90 Å². The molecule has 1 aliphatic rings. The van der Waals surface area contributed by atoms with Gasteiger partial charge in [0.2, 0.25) is 0 Å². The Labute approximate surface area is 109 Å². The van der Waals surface area contributed by atoms with E-state index in [1.165, 1.54) is 24.8 Å². The molecule has 2 rings (SSSR count). The Morgan fingerprint density at radius 1 is 1.47 bits per heavy atom. The van der Waals surface area contributed by atoms with Gasteiger partial charge in [-0.05, 0) is 50.3 Å². The number of halogens is 1. The van der Waals surface area contributed by atoms with E-state index in [2.05, 4.69) is 36.7 Å². The molecule has 0 radical (unpaired) electrons. The van der Waals surface area contributed by atoms with Gasteiger partial charge in [0.05, 0.1) is 0 Å². The Morgan fingerprint density at radius 2 is 2.24 bits per heavy atom. The summed E-state index contributed by atoms with van der Waals surface area (Å²) in [5.41, 5.74) is 2.35. The molecule has 0 spiro atoms. The molecule has 0 aromatic carbocycles. The Hall–Kier alpha value is -0.760. The molecule has 3 heteroatoms. The predicted octanol–water partition coefficient (Wildman–Crippen LogP) is 3.90. The number of aromatic nitrogens is 1. The van der Waals surface area contributed by atoms with Crippen LogP contribution in [0.4, 0.5) is 5.82 Å². The van der Waals surface area contributed by atoms with Crippen LogP contribution >= 0.6 is 11.6 Å². The van der Waals surface area contributed by atoms with Gasteiger partial charge >= 0.3 is 0 Å². The highest BCUT2D eigenvalue weighted by Crippen LogP contribution is 2.32. The summed E-state index contributed by atoms with van der Waals surface area (Å²) in [6.07, 6.45) is 5.67. The Kier molecular flexibility index (Phi) is 3.93. The highest BCUT2D eigenvalue weighted by molar-refractivity contribution is 6.17. The van der Waals surface area contributed by atoms with E-state index in [4.69, 9.17) is 11.6 Å². The monoisotopic (exact) mass is 252 g/mol. The fraction of sp³-hybridized carbons (Fsp3) is 0.643. The van der Waals surface area contributed by atoms with Crippen molar-refractivity contribution < 1.29 is 0 Å². The van der Waals surface area contributed by atoms with Crippen molar-refractivity contribution in [3.8, 4) is 0 Å². The second-order valence-corrected chi connectivity index (χ2v) is 5.28. The van der Waals surface area contributed by atoms with Crippen LogP contribution in [0, 0.1) is 6.92 Å². The van der Waals surface area contributed by atoms with Gasteiger partial charge in [0.25, 0.3) is 0 Å². The quantitative estimate of drug-likeness (QED) is 0.759. The van der Waals surface area contributed by atoms with Crippen molar-refractivity contribution in [2.75, 3.05) is 4.90 Å². The maximum atomic E-state index is 5.84. The second kappa shape index (κ2) is 5.26. The number of aryl methyl sites for hydroxylation is 1. The van der Waals surface area contributed by atoms with Crippen molar-refractivity contribution in [3.05, 3.63) is 23.4 Å². The summed E-state index contributed by atoms with van der Waals surface area (Å²) < 4.78 is 0. The first-order valence-electron chi connectivity index (χ1n) is 6.47. The minimum atomic E-state index is 0.543. The zero-order valence-corrected chi connectivity index (χ0v) is 11.7. The van der Waals surface area contributed by atoms with Crippen LogP contribution < -0.4 is 4.90 Å². The number of rotatable bonds is 3. The van der Waals surface area contributed by atoms with E-state index in [0.29, 0.717) is 18.0 Å². The van der Waals surface area contributed by atoms with Crippen LogP contribution in [0.1, 0.15) is 44.2 Å². The summed E-state index contributed by atoms with van der Waals surface area (Å²) in [6, 6.07) is 3.42. The van der Waals surface area contributed by atoms with Gasteiger partial charge in [-0.25, -0.2) is 4.98 Å². The number of anilines is 1. The number of hydrogen-bond acceptors (Lipinski definition) is 2. The summed E-state index contributed by atoms with van der Waals surface area (Å²) in [6.45, 7) is 6.69. The first-order chi connectivity index (χ1) is 8.17. The lowest BCUT2D eigenvalue weighted by Gasteiger charge is -2.30. The molecule has 0 aliphatic carbocycles. The number of hydrogen-bond donors (Lipinski definition) is 0. The molecule has 2 atom stereocenters. The molecule has 1 aromatic rings. The van der Waals surface area contributed by atoms with Crippen LogP contribution in [0.5, 0.6) is 0 Å². The van der Waals surface area contributed by atoms with E-state index in [0.717, 1.165) is 11.4 Å². The minimum Gasteiger partial charge on any atom is -0.351 e. The molecule has 94 valence electrons. The molecule has 2 unspecified atom stereocenters. The second-order valence-electron chi connectivity index (χ2n) is 5.01. The summed E-state index contributed by atoms with van der Waals surface area (Å²) in [4.78, 5) is 7.11. The van der Waals surface area contributed by atoms with Crippen molar-refractivity contribution in [2.24, 2.45) is 0 Å². The third kappa shape index (κ3) is 2.42. The molecule has 2 heterocycles. The minimum absolute atomic E-state index is 0.543. The highest BCUT2D eigenvalue weighted by atomic mass is 35.5. The van der Waals surface area contributed by atoms with Crippen LogP contribution in [-0.2, 0) is 5.88 Å². The molecule has 0 saturated carbocycles. The van der Waals surface area contributed by atoms with Crippen LogP contribution in [-0.4, -0.2) is 17.1 Å². The van der Waals surface area contributed by atoms with E-state index in [9.17, 15) is 0 Å². The van der Waals surface area contributed by atoms with Crippen LogP contribution in [0.25, 0.3) is 0 Å². The lowest BCUT2D eigenvalue weighted by Crippen LogP contribution is -2.35. The average Bonchev–Trinajstić information content (AvgIpc) is 2.70. The lowest BCUT2D eigenvalue weighted by molar-refractivity contribution is 0.619. The fourth-order valence-electron chi connectivity index (χ4n) is 2.82. The van der Waals surface area contributed by atoms with Gasteiger partial charge in [-0.15, -0.1) is 11.6 Å². The molecule has 1 aliphatic heterocycles. The number of alkyl halides is 1. The largest absolute Gasteiger partial charge is 0.351 e. The maximum absolute atomic E-state index is 5.84. The molecular formula is C14H21ClN2. The zero-order valence-electron chi connectivity index (χ0n) is 10.9. The average molecular weight is 253 g/mol. The van der Waals surface area contributed by atoms with E-state index < -0.39 is 0 Å². The zero-order chi connectivity index (χ0) is 12.4. The first kappa shape index (κ1) is 12.7. The van der Waals surface area contributed by atoms with E-state index >= 15 is 0 Å². The van der Waals surface area contributed by atoms with Crippen molar-refractivity contribution in [3.63, 3.8) is 0 Å². The van der Waals surface area contributed by atoms with E-state index in [1.807, 2.05) is 6.20 Å². The Bertz CT molecular complexity index is 392. The third-order valence-corrected chi connectivity index (χ3v) is 4.07. The molecule has 0 N–H and O–H groups in total.